The van der Waals surface area contributed by atoms with Gasteiger partial charge in [-0.2, -0.15) is 0 Å². The van der Waals surface area contributed by atoms with Crippen molar-refractivity contribution in [3.8, 4) is 11.5 Å². The number of carbonyl (C=O) groups excluding carboxylic acids is 1. The van der Waals surface area contributed by atoms with Crippen LogP contribution in [-0.2, 0) is 9.53 Å². The van der Waals surface area contributed by atoms with Crippen molar-refractivity contribution in [3.05, 3.63) is 59.2 Å². The van der Waals surface area contributed by atoms with Crippen molar-refractivity contribution in [2.45, 2.75) is 95.4 Å². The minimum Gasteiger partial charge on any atom is -0.493 e. The first-order valence-electron chi connectivity index (χ1n) is 15.1. The van der Waals surface area contributed by atoms with Crippen LogP contribution in [0.1, 0.15) is 92.9 Å². The van der Waals surface area contributed by atoms with Gasteiger partial charge in [-0.15, -0.1) is 0 Å². The third-order valence-electron chi connectivity index (χ3n) is 8.68. The van der Waals surface area contributed by atoms with Crippen LogP contribution in [0.4, 0.5) is 0 Å². The van der Waals surface area contributed by atoms with E-state index in [4.69, 9.17) is 14.2 Å². The van der Waals surface area contributed by atoms with Gasteiger partial charge in [0, 0.05) is 32.0 Å². The van der Waals surface area contributed by atoms with E-state index in [2.05, 4.69) is 53.5 Å². The predicted octanol–water partition coefficient (Wildman–Crippen LogP) is 6.32. The quantitative estimate of drug-likeness (QED) is 0.305. The van der Waals surface area contributed by atoms with E-state index in [1.165, 1.54) is 29.5 Å². The molecule has 3 unspecified atom stereocenters. The Labute approximate surface area is 234 Å². The number of hydrogen-bond donors (Lipinski definition) is 1. The van der Waals surface area contributed by atoms with E-state index in [0.717, 1.165) is 82.6 Å². The molecule has 1 N–H and O–H groups in total. The number of benzene rings is 2. The molecule has 3 fully saturated rings. The first-order valence-corrected chi connectivity index (χ1v) is 15.1. The molecule has 2 aromatic rings. The van der Waals surface area contributed by atoms with Crippen LogP contribution >= 0.6 is 0 Å². The standard InChI is InChI=1S/C33H46N2O4/c1-24-10-12-25(13-11-24)30-17-15-29(39-30)22-34-18-6-3-7-19-35-23-27(21-33(35)36)26-14-16-31(37-2)32(20-26)38-28-8-4-5-9-28/h10-14,16,20,27-30,34H,3-9,15,17-19,21-23H2,1-2H3. The van der Waals surface area contributed by atoms with E-state index in [9.17, 15) is 4.79 Å². The number of rotatable bonds is 13. The van der Waals surface area contributed by atoms with Gasteiger partial charge in [0.25, 0.3) is 0 Å². The number of methoxy groups -OCH3 is 1. The molecule has 3 atom stereocenters. The van der Waals surface area contributed by atoms with Crippen LogP contribution < -0.4 is 14.8 Å². The minimum absolute atomic E-state index is 0.228. The topological polar surface area (TPSA) is 60.0 Å². The third kappa shape index (κ3) is 7.55. The Balaban J connectivity index is 0.980. The molecule has 2 saturated heterocycles. The fourth-order valence-corrected chi connectivity index (χ4v) is 6.31. The lowest BCUT2D eigenvalue weighted by molar-refractivity contribution is -0.127. The van der Waals surface area contributed by atoms with E-state index in [1.54, 1.807) is 7.11 Å². The second kappa shape index (κ2) is 13.7. The number of likely N-dealkylation sites (tertiary alicyclic amines) is 1. The zero-order valence-corrected chi connectivity index (χ0v) is 23.8. The van der Waals surface area contributed by atoms with Gasteiger partial charge >= 0.3 is 0 Å². The van der Waals surface area contributed by atoms with Crippen molar-refractivity contribution in [3.63, 3.8) is 0 Å². The maximum atomic E-state index is 12.7. The van der Waals surface area contributed by atoms with E-state index < -0.39 is 0 Å². The van der Waals surface area contributed by atoms with Gasteiger partial charge in [-0.1, -0.05) is 42.3 Å². The Kier molecular flexibility index (Phi) is 9.81. The second-order valence-electron chi connectivity index (χ2n) is 11.7. The lowest BCUT2D eigenvalue weighted by Gasteiger charge is -2.19. The summed E-state index contributed by atoms with van der Waals surface area (Å²) in [4.78, 5) is 14.8. The van der Waals surface area contributed by atoms with Gasteiger partial charge in [-0.25, -0.2) is 0 Å². The van der Waals surface area contributed by atoms with Gasteiger partial charge in [0.15, 0.2) is 11.5 Å². The molecule has 6 heteroatoms. The highest BCUT2D eigenvalue weighted by atomic mass is 16.5. The molecule has 6 nitrogen and oxygen atoms in total. The van der Waals surface area contributed by atoms with Gasteiger partial charge < -0.3 is 24.4 Å². The number of carbonyl (C=O) groups is 1. The minimum atomic E-state index is 0.228. The fourth-order valence-electron chi connectivity index (χ4n) is 6.31. The molecule has 2 heterocycles. The number of unbranched alkanes of at least 4 members (excludes halogenated alkanes) is 2. The molecule has 0 bridgehead atoms. The number of hydrogen-bond acceptors (Lipinski definition) is 5. The largest absolute Gasteiger partial charge is 0.493 e. The summed E-state index contributed by atoms with van der Waals surface area (Å²) in [6.45, 7) is 5.69. The Hall–Kier alpha value is -2.57. The van der Waals surface area contributed by atoms with Crippen molar-refractivity contribution in [1.29, 1.82) is 0 Å². The molecule has 0 radical (unpaired) electrons. The first-order chi connectivity index (χ1) is 19.1. The zero-order chi connectivity index (χ0) is 27.0. The maximum Gasteiger partial charge on any atom is 0.223 e. The molecular formula is C33H46N2O4. The fraction of sp³-hybridized carbons (Fsp3) is 0.606. The van der Waals surface area contributed by atoms with E-state index in [-0.39, 0.29) is 24.0 Å². The smallest absolute Gasteiger partial charge is 0.223 e. The van der Waals surface area contributed by atoms with Crippen molar-refractivity contribution in [2.75, 3.05) is 33.3 Å². The van der Waals surface area contributed by atoms with Gasteiger partial charge in [0.2, 0.25) is 5.91 Å². The number of nitrogens with one attached hydrogen (secondary N) is 1. The number of aryl methyl sites for hydroxylation is 1. The highest BCUT2D eigenvalue weighted by molar-refractivity contribution is 5.79. The van der Waals surface area contributed by atoms with Gasteiger partial charge in [0.1, 0.15) is 0 Å². The normalized spacial score (nSPS) is 23.6. The van der Waals surface area contributed by atoms with Crippen LogP contribution in [0.25, 0.3) is 0 Å². The summed E-state index contributed by atoms with van der Waals surface area (Å²) in [7, 11) is 1.69. The maximum absolute atomic E-state index is 12.7. The summed E-state index contributed by atoms with van der Waals surface area (Å²) in [5.41, 5.74) is 3.77. The Bertz CT molecular complexity index is 1070. The van der Waals surface area contributed by atoms with Crippen molar-refractivity contribution >= 4 is 5.91 Å². The molecular weight excluding hydrogens is 488 g/mol. The second-order valence-corrected chi connectivity index (χ2v) is 11.7. The summed E-state index contributed by atoms with van der Waals surface area (Å²) >= 11 is 0. The van der Waals surface area contributed by atoms with Gasteiger partial charge in [-0.3, -0.25) is 4.79 Å². The predicted molar refractivity (Wildman–Crippen MR) is 155 cm³/mol. The van der Waals surface area contributed by atoms with E-state index >= 15 is 0 Å². The average molecular weight is 535 g/mol. The molecule has 0 aromatic heterocycles. The van der Waals surface area contributed by atoms with E-state index in [0.29, 0.717) is 12.5 Å². The lowest BCUT2D eigenvalue weighted by Crippen LogP contribution is -2.28. The van der Waals surface area contributed by atoms with Crippen LogP contribution in [0.5, 0.6) is 11.5 Å². The van der Waals surface area contributed by atoms with Gasteiger partial charge in [-0.05, 0) is 88.1 Å². The molecule has 1 aliphatic carbocycles. The summed E-state index contributed by atoms with van der Waals surface area (Å²) in [6.07, 6.45) is 11.6. The molecule has 39 heavy (non-hydrogen) atoms. The highest BCUT2D eigenvalue weighted by Crippen LogP contribution is 2.37. The molecule has 2 aromatic carbocycles. The van der Waals surface area contributed by atoms with Gasteiger partial charge in [0.05, 0.1) is 25.4 Å². The number of amides is 1. The molecule has 2 aliphatic heterocycles. The van der Waals surface area contributed by atoms with Crippen LogP contribution in [0.3, 0.4) is 0 Å². The SMILES string of the molecule is COc1ccc(C2CC(=O)N(CCCCCNCC3CCC(c4ccc(C)cc4)O3)C2)cc1OC1CCCC1. The Morgan fingerprint density at radius 2 is 1.74 bits per heavy atom. The van der Waals surface area contributed by atoms with Crippen LogP contribution in [-0.4, -0.2) is 56.3 Å². The lowest BCUT2D eigenvalue weighted by atomic mass is 9.98. The summed E-state index contributed by atoms with van der Waals surface area (Å²) in [6, 6.07) is 14.9. The molecule has 3 aliphatic rings. The van der Waals surface area contributed by atoms with Crippen LogP contribution in [0.2, 0.25) is 0 Å². The molecule has 5 rings (SSSR count). The summed E-state index contributed by atoms with van der Waals surface area (Å²) < 4.78 is 18.1. The first kappa shape index (κ1) is 28.0. The molecule has 212 valence electrons. The number of nitrogens with zero attached hydrogens (tertiary/aromatic N) is 1. The Morgan fingerprint density at radius 3 is 2.54 bits per heavy atom. The molecule has 1 amide bonds. The van der Waals surface area contributed by atoms with E-state index in [1.807, 2.05) is 6.07 Å². The van der Waals surface area contributed by atoms with Crippen LogP contribution in [0, 0.1) is 6.92 Å². The van der Waals surface area contributed by atoms with Crippen LogP contribution in [0.15, 0.2) is 42.5 Å². The Morgan fingerprint density at radius 1 is 0.949 bits per heavy atom. The number of ether oxygens (including phenoxy) is 3. The molecule has 0 spiro atoms. The summed E-state index contributed by atoms with van der Waals surface area (Å²) in [5, 5.41) is 3.59. The summed E-state index contributed by atoms with van der Waals surface area (Å²) in [5.74, 6) is 2.11. The monoisotopic (exact) mass is 534 g/mol. The average Bonchev–Trinajstić information content (AvgIpc) is 3.71. The van der Waals surface area contributed by atoms with Crippen molar-refractivity contribution in [1.82, 2.24) is 10.2 Å². The van der Waals surface area contributed by atoms with Crippen molar-refractivity contribution in [2.24, 2.45) is 0 Å². The van der Waals surface area contributed by atoms with Crippen molar-refractivity contribution < 1.29 is 19.0 Å². The molecule has 1 saturated carbocycles. The zero-order valence-electron chi connectivity index (χ0n) is 23.8. The highest BCUT2D eigenvalue weighted by Gasteiger charge is 2.31. The third-order valence-corrected chi connectivity index (χ3v) is 8.68.